The number of benzene rings is 2. The van der Waals surface area contributed by atoms with Crippen molar-refractivity contribution in [3.63, 3.8) is 0 Å². The van der Waals surface area contributed by atoms with Crippen LogP contribution in [0.4, 0.5) is 10.5 Å². The van der Waals surface area contributed by atoms with E-state index in [1.165, 1.54) is 6.21 Å². The molecule has 0 aliphatic heterocycles. The number of aromatic carboxylic acids is 1. The molecule has 1 aromatic heterocycles. The Labute approximate surface area is 173 Å². The number of carbonyl (C=O) groups is 2. The Bertz CT molecular complexity index is 1070. The fourth-order valence-electron chi connectivity index (χ4n) is 2.70. The lowest BCUT2D eigenvalue weighted by Crippen LogP contribution is -2.24. The van der Waals surface area contributed by atoms with Crippen molar-refractivity contribution in [3.05, 3.63) is 71.5 Å². The van der Waals surface area contributed by atoms with Crippen molar-refractivity contribution in [1.29, 1.82) is 0 Å². The molecule has 1 heterocycles. The highest BCUT2D eigenvalue weighted by molar-refractivity contribution is 5.91. The Morgan fingerprint density at radius 1 is 1.13 bits per heavy atom. The van der Waals surface area contributed by atoms with Crippen LogP contribution in [0, 0.1) is 6.92 Å². The molecule has 3 rings (SSSR count). The molecule has 0 aliphatic rings. The van der Waals surface area contributed by atoms with Crippen LogP contribution in [0.3, 0.4) is 0 Å². The van der Waals surface area contributed by atoms with Crippen LogP contribution in [0.15, 0.2) is 64.1 Å². The Balaban J connectivity index is 1.58. The van der Waals surface area contributed by atoms with Crippen molar-refractivity contribution in [2.45, 2.75) is 13.8 Å². The maximum atomic E-state index is 11.9. The van der Waals surface area contributed by atoms with E-state index in [9.17, 15) is 14.7 Å². The normalized spacial score (nSPS) is 10.7. The number of amides is 2. The molecule has 0 saturated carbocycles. The topological polar surface area (TPSA) is 113 Å². The predicted octanol–water partition coefficient (Wildman–Crippen LogP) is 4.51. The highest BCUT2D eigenvalue weighted by Crippen LogP contribution is 2.24. The zero-order chi connectivity index (χ0) is 21.5. The number of hydrazone groups is 1. The lowest BCUT2D eigenvalue weighted by atomic mass is 10.0. The third kappa shape index (κ3) is 5.26. The summed E-state index contributed by atoms with van der Waals surface area (Å²) < 4.78 is 11.0. The summed E-state index contributed by atoms with van der Waals surface area (Å²) in [5, 5.41) is 15.7. The van der Waals surface area contributed by atoms with Gasteiger partial charge in [-0.05, 0) is 61.9 Å². The van der Waals surface area contributed by atoms with E-state index in [4.69, 9.17) is 9.15 Å². The van der Waals surface area contributed by atoms with Gasteiger partial charge in [0.25, 0.3) is 0 Å². The number of carbonyl (C=O) groups excluding carboxylic acids is 1. The van der Waals surface area contributed by atoms with Gasteiger partial charge in [0.15, 0.2) is 0 Å². The van der Waals surface area contributed by atoms with E-state index < -0.39 is 12.0 Å². The minimum Gasteiger partial charge on any atom is -0.494 e. The number of nitrogens with one attached hydrogen (secondary N) is 2. The molecule has 2 aromatic carbocycles. The van der Waals surface area contributed by atoms with Gasteiger partial charge >= 0.3 is 12.0 Å². The number of carboxylic acids is 1. The van der Waals surface area contributed by atoms with E-state index in [2.05, 4.69) is 15.8 Å². The molecule has 8 heteroatoms. The summed E-state index contributed by atoms with van der Waals surface area (Å²) >= 11 is 0. The summed E-state index contributed by atoms with van der Waals surface area (Å²) in [6, 6.07) is 14.9. The van der Waals surface area contributed by atoms with E-state index in [-0.39, 0.29) is 5.56 Å². The van der Waals surface area contributed by atoms with E-state index in [1.807, 2.05) is 6.92 Å². The van der Waals surface area contributed by atoms with E-state index in [0.717, 1.165) is 5.75 Å². The number of urea groups is 1. The van der Waals surface area contributed by atoms with Crippen LogP contribution in [-0.4, -0.2) is 29.9 Å². The summed E-state index contributed by atoms with van der Waals surface area (Å²) in [6.45, 7) is 4.20. The second-order valence-corrected chi connectivity index (χ2v) is 6.32. The molecule has 30 heavy (non-hydrogen) atoms. The molecule has 0 aliphatic carbocycles. The van der Waals surface area contributed by atoms with Gasteiger partial charge in [0, 0.05) is 11.3 Å². The zero-order valence-corrected chi connectivity index (χ0v) is 16.5. The molecule has 8 nitrogen and oxygen atoms in total. The van der Waals surface area contributed by atoms with Crippen molar-refractivity contribution >= 4 is 23.9 Å². The predicted molar refractivity (Wildman–Crippen MR) is 113 cm³/mol. The van der Waals surface area contributed by atoms with Crippen molar-refractivity contribution < 1.29 is 23.8 Å². The highest BCUT2D eigenvalue weighted by atomic mass is 16.5. The molecule has 0 atom stereocenters. The molecule has 0 bridgehead atoms. The smallest absolute Gasteiger partial charge is 0.339 e. The van der Waals surface area contributed by atoms with Gasteiger partial charge in [-0.25, -0.2) is 15.0 Å². The summed E-state index contributed by atoms with van der Waals surface area (Å²) in [5.41, 5.74) is 4.47. The van der Waals surface area contributed by atoms with Gasteiger partial charge < -0.3 is 19.6 Å². The Morgan fingerprint density at radius 3 is 2.60 bits per heavy atom. The number of furan rings is 1. The summed E-state index contributed by atoms with van der Waals surface area (Å²) in [6.07, 6.45) is 1.35. The monoisotopic (exact) mass is 407 g/mol. The third-order valence-electron chi connectivity index (χ3n) is 4.16. The van der Waals surface area contributed by atoms with Crippen LogP contribution < -0.4 is 15.5 Å². The van der Waals surface area contributed by atoms with Gasteiger partial charge in [-0.1, -0.05) is 12.1 Å². The molecule has 3 aromatic rings. The molecule has 0 fully saturated rings. The van der Waals surface area contributed by atoms with Crippen molar-refractivity contribution in [2.75, 3.05) is 11.9 Å². The average Bonchev–Trinajstić information content (AvgIpc) is 3.19. The van der Waals surface area contributed by atoms with Gasteiger partial charge in [0.1, 0.15) is 17.3 Å². The fourth-order valence-corrected chi connectivity index (χ4v) is 2.70. The first-order valence-corrected chi connectivity index (χ1v) is 9.23. The SMILES string of the molecule is CCOc1ccc(NC(=O)N/N=C/c2ccc(-c3ccc(C)c(C(=O)O)c3)o2)cc1. The van der Waals surface area contributed by atoms with Crippen molar-refractivity contribution in [3.8, 4) is 17.1 Å². The van der Waals surface area contributed by atoms with Crippen LogP contribution in [0.2, 0.25) is 0 Å². The lowest BCUT2D eigenvalue weighted by Gasteiger charge is -2.06. The number of hydrogen-bond donors (Lipinski definition) is 3. The van der Waals surface area contributed by atoms with Crippen LogP contribution in [0.1, 0.15) is 28.6 Å². The summed E-state index contributed by atoms with van der Waals surface area (Å²) in [5.74, 6) is 0.631. The first-order valence-electron chi connectivity index (χ1n) is 9.23. The molecule has 0 radical (unpaired) electrons. The minimum atomic E-state index is -0.995. The number of anilines is 1. The van der Waals surface area contributed by atoms with Gasteiger partial charge in [-0.3, -0.25) is 0 Å². The molecule has 154 valence electrons. The van der Waals surface area contributed by atoms with E-state index in [0.29, 0.717) is 34.9 Å². The van der Waals surface area contributed by atoms with E-state index in [1.54, 1.807) is 61.5 Å². The maximum absolute atomic E-state index is 11.9. The molecule has 3 N–H and O–H groups in total. The zero-order valence-electron chi connectivity index (χ0n) is 16.5. The van der Waals surface area contributed by atoms with Crippen molar-refractivity contribution in [2.24, 2.45) is 5.10 Å². The average molecular weight is 407 g/mol. The minimum absolute atomic E-state index is 0.215. The number of ether oxygens (including phenoxy) is 1. The first kappa shape index (κ1) is 20.7. The van der Waals surface area contributed by atoms with Crippen LogP contribution in [-0.2, 0) is 0 Å². The second kappa shape index (κ2) is 9.42. The Kier molecular flexibility index (Phi) is 6.49. The van der Waals surface area contributed by atoms with E-state index >= 15 is 0 Å². The van der Waals surface area contributed by atoms with Crippen LogP contribution in [0.5, 0.6) is 5.75 Å². The largest absolute Gasteiger partial charge is 0.494 e. The van der Waals surface area contributed by atoms with Gasteiger partial charge in [-0.2, -0.15) is 5.10 Å². The molecule has 0 unspecified atom stereocenters. The quantitative estimate of drug-likeness (QED) is 0.394. The van der Waals surface area contributed by atoms with Crippen LogP contribution in [0.25, 0.3) is 11.3 Å². The molecule has 0 spiro atoms. The van der Waals surface area contributed by atoms with Crippen molar-refractivity contribution in [1.82, 2.24) is 5.43 Å². The van der Waals surface area contributed by atoms with Gasteiger partial charge in [0.05, 0.1) is 18.4 Å². The second-order valence-electron chi connectivity index (χ2n) is 6.32. The van der Waals surface area contributed by atoms with Gasteiger partial charge in [-0.15, -0.1) is 0 Å². The molecule has 2 amide bonds. The first-order chi connectivity index (χ1) is 14.5. The molecule has 0 saturated heterocycles. The lowest BCUT2D eigenvalue weighted by molar-refractivity contribution is 0.0696. The van der Waals surface area contributed by atoms with Gasteiger partial charge in [0.2, 0.25) is 0 Å². The Hall–Kier alpha value is -4.07. The number of hydrogen-bond acceptors (Lipinski definition) is 5. The summed E-state index contributed by atoms with van der Waals surface area (Å²) in [7, 11) is 0. The number of nitrogens with zero attached hydrogens (tertiary/aromatic N) is 1. The number of aryl methyl sites for hydroxylation is 1. The van der Waals surface area contributed by atoms with Crippen LogP contribution >= 0.6 is 0 Å². The Morgan fingerprint density at radius 2 is 1.90 bits per heavy atom. The fraction of sp³-hybridized carbons (Fsp3) is 0.136. The maximum Gasteiger partial charge on any atom is 0.339 e. The highest BCUT2D eigenvalue weighted by Gasteiger charge is 2.11. The summed E-state index contributed by atoms with van der Waals surface area (Å²) in [4.78, 5) is 23.2. The molecular formula is C22H21N3O5. The molecular weight excluding hydrogens is 386 g/mol. The number of rotatable bonds is 7. The number of carboxylic acid groups (broad SMARTS) is 1. The standard InChI is InChI=1S/C22H21N3O5/c1-3-29-17-8-6-16(7-9-17)24-22(28)25-23-13-18-10-11-20(30-18)15-5-4-14(2)19(12-15)21(26)27/h4-13H,3H2,1-2H3,(H,26,27)(H2,24,25,28)/b23-13+. The third-order valence-corrected chi connectivity index (χ3v) is 4.16.